The summed E-state index contributed by atoms with van der Waals surface area (Å²) in [5.41, 5.74) is 5.20. The SMILES string of the molecule is CCO/N=C(/C(=O)N[C@@H]1C(=O)N2C(C(=O)O)=C(COC(=O)CC(C)=O)CS[C@H]12)c1nc(N)sc1Cl. The molecule has 188 valence electrons. The number of ether oxygens (including phenoxy) is 1. The van der Waals surface area contributed by atoms with Crippen molar-refractivity contribution in [1.29, 1.82) is 0 Å². The number of esters is 1. The maximum absolute atomic E-state index is 12.9. The van der Waals surface area contributed by atoms with Gasteiger partial charge < -0.3 is 25.7 Å². The number of aliphatic carboxylic acids is 1. The van der Waals surface area contributed by atoms with Crippen LogP contribution >= 0.6 is 34.7 Å². The van der Waals surface area contributed by atoms with Gasteiger partial charge in [0.05, 0.1) is 0 Å². The number of halogens is 1. The first-order valence-electron chi connectivity index (χ1n) is 10.0. The van der Waals surface area contributed by atoms with Crippen molar-refractivity contribution in [2.45, 2.75) is 31.7 Å². The Labute approximate surface area is 211 Å². The summed E-state index contributed by atoms with van der Waals surface area (Å²) in [5, 5.41) is 15.3. The number of thioether (sulfide) groups is 1. The van der Waals surface area contributed by atoms with Crippen molar-refractivity contribution < 1.29 is 38.7 Å². The maximum Gasteiger partial charge on any atom is 0.352 e. The highest BCUT2D eigenvalue weighted by atomic mass is 35.5. The molecule has 2 atom stereocenters. The third-order valence-electron chi connectivity index (χ3n) is 4.66. The smallest absolute Gasteiger partial charge is 0.352 e. The quantitative estimate of drug-likeness (QED) is 0.121. The second-order valence-corrected chi connectivity index (χ2v) is 9.93. The molecule has 2 aliphatic heterocycles. The lowest BCUT2D eigenvalue weighted by Gasteiger charge is -2.49. The fourth-order valence-corrected chi connectivity index (χ4v) is 5.47. The van der Waals surface area contributed by atoms with E-state index in [9.17, 15) is 29.1 Å². The number of ketones is 1. The zero-order chi connectivity index (χ0) is 25.9. The molecule has 0 aromatic carbocycles. The van der Waals surface area contributed by atoms with Crippen LogP contribution in [0.1, 0.15) is 26.0 Å². The first kappa shape index (κ1) is 26.4. The molecule has 3 heterocycles. The van der Waals surface area contributed by atoms with E-state index in [1.54, 1.807) is 6.92 Å². The summed E-state index contributed by atoms with van der Waals surface area (Å²) in [6, 6.07) is -1.06. The minimum Gasteiger partial charge on any atom is -0.477 e. The third kappa shape index (κ3) is 5.74. The van der Waals surface area contributed by atoms with Gasteiger partial charge in [-0.3, -0.25) is 24.1 Å². The molecular formula is C19H20ClN5O8S2. The number of amides is 2. The number of carbonyl (C=O) groups is 5. The molecule has 35 heavy (non-hydrogen) atoms. The molecule has 0 bridgehead atoms. The number of hydrogen-bond donors (Lipinski definition) is 3. The Morgan fingerprint density at radius 1 is 1.37 bits per heavy atom. The molecule has 3 rings (SSSR count). The van der Waals surface area contributed by atoms with Crippen molar-refractivity contribution in [1.82, 2.24) is 15.2 Å². The molecule has 0 aliphatic carbocycles. The van der Waals surface area contributed by atoms with Crippen LogP contribution < -0.4 is 11.1 Å². The number of carbonyl (C=O) groups excluding carboxylic acids is 4. The van der Waals surface area contributed by atoms with Gasteiger partial charge in [0.2, 0.25) is 0 Å². The summed E-state index contributed by atoms with van der Waals surface area (Å²) in [7, 11) is 0. The molecule has 1 saturated heterocycles. The number of nitrogens with one attached hydrogen (secondary N) is 1. The summed E-state index contributed by atoms with van der Waals surface area (Å²) >= 11 is 8.19. The molecule has 0 saturated carbocycles. The van der Waals surface area contributed by atoms with E-state index in [0.29, 0.717) is 0 Å². The largest absolute Gasteiger partial charge is 0.477 e. The number of thiazole rings is 1. The molecule has 1 aromatic heterocycles. The monoisotopic (exact) mass is 545 g/mol. The standard InChI is InChI=1S/C19H20ClN5O8S2/c1-3-33-24-11(10-14(20)35-19(21)23-10)15(28)22-12-16(29)25-13(18(30)31)8(6-34-17(12)25)5-32-9(27)4-7(2)26/h12,17H,3-6H2,1-2H3,(H2,21,23)(H,22,28)(H,30,31)/b24-11+/t12-,17-/m1/s1. The number of aromatic nitrogens is 1. The van der Waals surface area contributed by atoms with Crippen molar-refractivity contribution in [2.24, 2.45) is 5.16 Å². The zero-order valence-corrected chi connectivity index (χ0v) is 20.8. The van der Waals surface area contributed by atoms with Gasteiger partial charge in [-0.05, 0) is 13.8 Å². The van der Waals surface area contributed by atoms with Crippen LogP contribution in [-0.2, 0) is 33.5 Å². The number of nitrogens with zero attached hydrogens (tertiary/aromatic N) is 3. The topological polar surface area (TPSA) is 191 Å². The van der Waals surface area contributed by atoms with E-state index in [1.165, 1.54) is 18.7 Å². The molecular weight excluding hydrogens is 526 g/mol. The summed E-state index contributed by atoms with van der Waals surface area (Å²) in [6.07, 6.45) is -0.442. The lowest BCUT2D eigenvalue weighted by Crippen LogP contribution is -2.71. The number of Topliss-reactive ketones (excluding diaryl/α,β-unsaturated/α-hetero) is 1. The number of nitrogens with two attached hydrogens (primary N) is 1. The first-order valence-corrected chi connectivity index (χ1v) is 12.3. The number of hydrogen-bond acceptors (Lipinski definition) is 12. The average molecular weight is 546 g/mol. The normalized spacial score (nSPS) is 19.6. The van der Waals surface area contributed by atoms with E-state index >= 15 is 0 Å². The number of anilines is 1. The Hall–Kier alpha value is -3.17. The van der Waals surface area contributed by atoms with E-state index in [2.05, 4.69) is 15.5 Å². The van der Waals surface area contributed by atoms with E-state index in [4.69, 9.17) is 26.9 Å². The number of nitrogen functional groups attached to an aromatic ring is 1. The highest BCUT2D eigenvalue weighted by molar-refractivity contribution is 8.00. The molecule has 1 aromatic rings. The van der Waals surface area contributed by atoms with Gasteiger partial charge in [-0.25, -0.2) is 9.78 Å². The molecule has 0 radical (unpaired) electrons. The second kappa shape index (κ2) is 11.0. The second-order valence-electron chi connectivity index (χ2n) is 7.19. The predicted octanol–water partition coefficient (Wildman–Crippen LogP) is 0.380. The summed E-state index contributed by atoms with van der Waals surface area (Å²) in [6.45, 7) is 2.63. The molecule has 16 heteroatoms. The van der Waals surface area contributed by atoms with Crippen molar-refractivity contribution in [2.75, 3.05) is 24.7 Å². The molecule has 13 nitrogen and oxygen atoms in total. The van der Waals surface area contributed by atoms with Crippen LogP contribution in [-0.4, -0.2) is 80.6 Å². The van der Waals surface area contributed by atoms with Crippen LogP contribution in [0.2, 0.25) is 4.34 Å². The Morgan fingerprint density at radius 2 is 2.09 bits per heavy atom. The lowest BCUT2D eigenvalue weighted by atomic mass is 10.0. The van der Waals surface area contributed by atoms with Crippen LogP contribution in [0.15, 0.2) is 16.4 Å². The van der Waals surface area contributed by atoms with Gasteiger partial charge in [0, 0.05) is 11.3 Å². The lowest BCUT2D eigenvalue weighted by molar-refractivity contribution is -0.150. The molecule has 0 unspecified atom stereocenters. The predicted molar refractivity (Wildman–Crippen MR) is 126 cm³/mol. The Morgan fingerprint density at radius 3 is 2.66 bits per heavy atom. The number of carboxylic acid groups (broad SMARTS) is 1. The van der Waals surface area contributed by atoms with E-state index < -0.39 is 47.4 Å². The zero-order valence-electron chi connectivity index (χ0n) is 18.4. The van der Waals surface area contributed by atoms with Crippen LogP contribution in [0.3, 0.4) is 0 Å². The first-order chi connectivity index (χ1) is 16.5. The molecule has 2 amide bonds. The van der Waals surface area contributed by atoms with Gasteiger partial charge in [0.25, 0.3) is 11.8 Å². The van der Waals surface area contributed by atoms with E-state index in [-0.39, 0.29) is 51.1 Å². The molecule has 4 N–H and O–H groups in total. The van der Waals surface area contributed by atoms with Crippen molar-refractivity contribution in [3.05, 3.63) is 21.3 Å². The van der Waals surface area contributed by atoms with Crippen molar-refractivity contribution in [3.8, 4) is 0 Å². The minimum absolute atomic E-state index is 0.0131. The number of rotatable bonds is 10. The number of fused-ring (bicyclic) bond motifs is 1. The number of β-lactam (4-membered cyclic amide) rings is 1. The summed E-state index contributed by atoms with van der Waals surface area (Å²) in [4.78, 5) is 70.3. The molecule has 2 aliphatic rings. The van der Waals surface area contributed by atoms with Crippen molar-refractivity contribution in [3.63, 3.8) is 0 Å². The Kier molecular flexibility index (Phi) is 8.34. The summed E-state index contributed by atoms with van der Waals surface area (Å²) in [5.74, 6) is -3.97. The van der Waals surface area contributed by atoms with Crippen LogP contribution in [0, 0.1) is 0 Å². The summed E-state index contributed by atoms with van der Waals surface area (Å²) < 4.78 is 5.08. The Bertz CT molecular complexity index is 1150. The van der Waals surface area contributed by atoms with E-state index in [0.717, 1.165) is 16.2 Å². The maximum atomic E-state index is 12.9. The highest BCUT2D eigenvalue weighted by Crippen LogP contribution is 2.40. The number of carboxylic acids is 1. The molecule has 0 spiro atoms. The van der Waals surface area contributed by atoms with Gasteiger partial charge in [-0.2, -0.15) is 0 Å². The minimum atomic E-state index is -1.39. The average Bonchev–Trinajstić information content (AvgIpc) is 3.12. The van der Waals surface area contributed by atoms with Crippen LogP contribution in [0.25, 0.3) is 0 Å². The fraction of sp³-hybridized carbons (Fsp3) is 0.421. The highest BCUT2D eigenvalue weighted by Gasteiger charge is 2.54. The number of oxime groups is 1. The fourth-order valence-electron chi connectivity index (χ4n) is 3.21. The van der Waals surface area contributed by atoms with Crippen LogP contribution in [0.4, 0.5) is 5.13 Å². The third-order valence-corrected chi connectivity index (χ3v) is 7.09. The van der Waals surface area contributed by atoms with E-state index in [1.807, 2.05) is 0 Å². The van der Waals surface area contributed by atoms with Crippen molar-refractivity contribution >= 4 is 75.1 Å². The van der Waals surface area contributed by atoms with Gasteiger partial charge in [-0.1, -0.05) is 28.1 Å². The van der Waals surface area contributed by atoms with Gasteiger partial charge >= 0.3 is 11.9 Å². The van der Waals surface area contributed by atoms with Gasteiger partial charge in [-0.15, -0.1) is 11.8 Å². The van der Waals surface area contributed by atoms with Crippen LogP contribution in [0.5, 0.6) is 0 Å². The molecule has 1 fully saturated rings. The Balaban J connectivity index is 1.76. The van der Waals surface area contributed by atoms with Gasteiger partial charge in [0.1, 0.15) is 52.6 Å². The van der Waals surface area contributed by atoms with Gasteiger partial charge in [0.15, 0.2) is 10.8 Å².